The first-order chi connectivity index (χ1) is 18.2. The number of alkyl halides is 3. The lowest BCUT2D eigenvalue weighted by atomic mass is 9.97. The Bertz CT molecular complexity index is 1350. The lowest BCUT2D eigenvalue weighted by molar-refractivity contribution is -0.192. The maximum Gasteiger partial charge on any atom is 0.490 e. The number of fused-ring (bicyclic) bond motifs is 1. The van der Waals surface area contributed by atoms with Gasteiger partial charge >= 0.3 is 12.1 Å². The van der Waals surface area contributed by atoms with E-state index in [1.165, 1.54) is 0 Å². The Labute approximate surface area is 217 Å². The normalized spacial score (nSPS) is 20.6. The molecule has 0 radical (unpaired) electrons. The van der Waals surface area contributed by atoms with E-state index >= 15 is 0 Å². The van der Waals surface area contributed by atoms with E-state index in [0.717, 1.165) is 85.2 Å². The lowest BCUT2D eigenvalue weighted by Crippen LogP contribution is -2.43. The van der Waals surface area contributed by atoms with Crippen molar-refractivity contribution in [3.05, 3.63) is 60.4 Å². The summed E-state index contributed by atoms with van der Waals surface area (Å²) >= 11 is 0. The van der Waals surface area contributed by atoms with Crippen molar-refractivity contribution >= 4 is 28.7 Å². The first-order valence-electron chi connectivity index (χ1n) is 12.7. The van der Waals surface area contributed by atoms with E-state index < -0.39 is 17.7 Å². The predicted octanol–water partition coefficient (Wildman–Crippen LogP) is 5.24. The van der Waals surface area contributed by atoms with Crippen LogP contribution in [0, 0.1) is 5.92 Å². The molecule has 2 fully saturated rings. The van der Waals surface area contributed by atoms with Crippen molar-refractivity contribution in [2.24, 2.45) is 10.9 Å². The second kappa shape index (κ2) is 10.2. The Morgan fingerprint density at radius 3 is 2.37 bits per heavy atom. The van der Waals surface area contributed by atoms with Gasteiger partial charge in [0.25, 0.3) is 5.91 Å². The molecule has 7 nitrogen and oxygen atoms in total. The number of benzene rings is 2. The van der Waals surface area contributed by atoms with Crippen LogP contribution in [0.15, 0.2) is 64.2 Å². The molecule has 200 valence electrons. The number of halogens is 3. The summed E-state index contributed by atoms with van der Waals surface area (Å²) in [4.78, 5) is 29.5. The van der Waals surface area contributed by atoms with E-state index in [1.807, 2.05) is 17.0 Å². The molecule has 3 heterocycles. The molecule has 1 aliphatic carbocycles. The molecule has 0 bridgehead atoms. The third-order valence-corrected chi connectivity index (χ3v) is 7.42. The number of rotatable bonds is 4. The molecule has 1 saturated carbocycles. The highest BCUT2D eigenvalue weighted by Crippen LogP contribution is 2.40. The summed E-state index contributed by atoms with van der Waals surface area (Å²) in [5.74, 6) is -1.16. The highest BCUT2D eigenvalue weighted by Gasteiger charge is 2.50. The SMILES string of the molecule is O=C(O)C(F)(F)F.O=C1N(C[C@@H]2CCNC2)C(c2ccc(-c3ccc4occc4c3)cc2)=NC12CCCC2. The fourth-order valence-electron chi connectivity index (χ4n) is 5.42. The van der Waals surface area contributed by atoms with Crippen molar-refractivity contribution in [3.63, 3.8) is 0 Å². The van der Waals surface area contributed by atoms with Crippen molar-refractivity contribution in [1.29, 1.82) is 0 Å². The maximum atomic E-state index is 13.5. The summed E-state index contributed by atoms with van der Waals surface area (Å²) in [6.07, 6.45) is 1.72. The quantitative estimate of drug-likeness (QED) is 0.484. The Morgan fingerprint density at radius 1 is 1.08 bits per heavy atom. The van der Waals surface area contributed by atoms with E-state index in [9.17, 15) is 18.0 Å². The average molecular weight is 528 g/mol. The van der Waals surface area contributed by atoms with Crippen LogP contribution < -0.4 is 5.32 Å². The van der Waals surface area contributed by atoms with Crippen molar-refractivity contribution in [1.82, 2.24) is 10.2 Å². The number of amides is 1. The van der Waals surface area contributed by atoms with Crippen LogP contribution in [0.2, 0.25) is 0 Å². The third kappa shape index (κ3) is 5.18. The first kappa shape index (κ1) is 26.0. The summed E-state index contributed by atoms with van der Waals surface area (Å²) in [5, 5.41) is 11.7. The van der Waals surface area contributed by atoms with Crippen LogP contribution >= 0.6 is 0 Å². The lowest BCUT2D eigenvalue weighted by Gasteiger charge is -2.25. The first-order valence-corrected chi connectivity index (χ1v) is 12.7. The van der Waals surface area contributed by atoms with Gasteiger partial charge in [0.1, 0.15) is 17.0 Å². The summed E-state index contributed by atoms with van der Waals surface area (Å²) in [6, 6.07) is 16.8. The molecular formula is C28H28F3N3O4. The molecule has 3 aromatic rings. The van der Waals surface area contributed by atoms with Gasteiger partial charge in [0.2, 0.25) is 0 Å². The fourth-order valence-corrected chi connectivity index (χ4v) is 5.42. The highest BCUT2D eigenvalue weighted by molar-refractivity contribution is 6.15. The number of nitrogens with one attached hydrogen (secondary N) is 1. The van der Waals surface area contributed by atoms with Gasteiger partial charge in [-0.1, -0.05) is 43.2 Å². The zero-order valence-electron chi connectivity index (χ0n) is 20.6. The number of carbonyl (C=O) groups excluding carboxylic acids is 1. The molecule has 0 unspecified atom stereocenters. The van der Waals surface area contributed by atoms with Crippen LogP contribution in [0.1, 0.15) is 37.7 Å². The van der Waals surface area contributed by atoms with Crippen molar-refractivity contribution in [2.45, 2.75) is 43.8 Å². The molecule has 1 aromatic heterocycles. The van der Waals surface area contributed by atoms with Crippen LogP contribution in [0.25, 0.3) is 22.1 Å². The van der Waals surface area contributed by atoms with E-state index in [2.05, 4.69) is 41.7 Å². The summed E-state index contributed by atoms with van der Waals surface area (Å²) < 4.78 is 37.2. The van der Waals surface area contributed by atoms with Gasteiger partial charge in [-0.05, 0) is 67.6 Å². The van der Waals surface area contributed by atoms with Gasteiger partial charge in [-0.25, -0.2) is 4.79 Å². The van der Waals surface area contributed by atoms with E-state index in [4.69, 9.17) is 19.3 Å². The Morgan fingerprint density at radius 2 is 1.74 bits per heavy atom. The minimum absolute atomic E-state index is 0.224. The Kier molecular flexibility index (Phi) is 7.00. The van der Waals surface area contributed by atoms with Gasteiger partial charge in [0.05, 0.1) is 6.26 Å². The van der Waals surface area contributed by atoms with Crippen molar-refractivity contribution < 1.29 is 32.3 Å². The number of carboxylic acid groups (broad SMARTS) is 1. The topological polar surface area (TPSA) is 95.1 Å². The van der Waals surface area contributed by atoms with Crippen LogP contribution in [0.4, 0.5) is 13.2 Å². The monoisotopic (exact) mass is 527 g/mol. The molecule has 2 N–H and O–H groups in total. The number of aliphatic carboxylic acids is 1. The van der Waals surface area contributed by atoms with Crippen LogP contribution in [-0.2, 0) is 9.59 Å². The number of furan rings is 1. The summed E-state index contributed by atoms with van der Waals surface area (Å²) in [5.41, 5.74) is 3.74. The molecule has 2 aliphatic heterocycles. The van der Waals surface area contributed by atoms with E-state index in [0.29, 0.717) is 5.92 Å². The molecule has 1 atom stereocenters. The van der Waals surface area contributed by atoms with E-state index in [-0.39, 0.29) is 5.91 Å². The minimum Gasteiger partial charge on any atom is -0.475 e. The number of hydrogen-bond acceptors (Lipinski definition) is 5. The smallest absolute Gasteiger partial charge is 0.475 e. The van der Waals surface area contributed by atoms with Gasteiger partial charge in [-0.3, -0.25) is 14.7 Å². The fraction of sp³-hybridized carbons (Fsp3) is 0.393. The van der Waals surface area contributed by atoms with Gasteiger partial charge in [0.15, 0.2) is 0 Å². The van der Waals surface area contributed by atoms with Crippen LogP contribution in [-0.4, -0.2) is 59.1 Å². The van der Waals surface area contributed by atoms with Crippen molar-refractivity contribution in [3.8, 4) is 11.1 Å². The second-order valence-electron chi connectivity index (χ2n) is 10.0. The zero-order valence-corrected chi connectivity index (χ0v) is 20.6. The molecule has 6 rings (SSSR count). The molecule has 2 aromatic carbocycles. The number of hydrogen-bond donors (Lipinski definition) is 2. The summed E-state index contributed by atoms with van der Waals surface area (Å²) in [6.45, 7) is 2.80. The van der Waals surface area contributed by atoms with Crippen LogP contribution in [0.5, 0.6) is 0 Å². The summed E-state index contributed by atoms with van der Waals surface area (Å²) in [7, 11) is 0. The van der Waals surface area contributed by atoms with Gasteiger partial charge < -0.3 is 14.8 Å². The zero-order chi connectivity index (χ0) is 26.9. The largest absolute Gasteiger partial charge is 0.490 e. The number of nitrogens with zero attached hydrogens (tertiary/aromatic N) is 2. The van der Waals surface area contributed by atoms with Gasteiger partial charge in [-0.15, -0.1) is 0 Å². The number of aliphatic imine (C=N–C) groups is 1. The number of carboxylic acids is 1. The molecule has 10 heteroatoms. The van der Waals surface area contributed by atoms with E-state index in [1.54, 1.807) is 6.26 Å². The predicted molar refractivity (Wildman–Crippen MR) is 136 cm³/mol. The Hall–Kier alpha value is -3.66. The highest BCUT2D eigenvalue weighted by atomic mass is 19.4. The molecule has 1 amide bonds. The van der Waals surface area contributed by atoms with Gasteiger partial charge in [0, 0.05) is 17.5 Å². The molecule has 1 spiro atoms. The number of carbonyl (C=O) groups is 2. The molecule has 38 heavy (non-hydrogen) atoms. The Balaban J connectivity index is 0.000000374. The molecule has 3 aliphatic rings. The maximum absolute atomic E-state index is 13.5. The standard InChI is InChI=1S/C26H27N3O2.C2HF3O2/c30-25-26(11-1-2-12-26)28-24(29(25)17-18-9-13-27-16-18)20-5-3-19(4-6-20)21-7-8-23-22(15-21)10-14-31-23;3-2(4,5)1(6)7/h3-8,10,14-15,18,27H,1-2,9,11-13,16-17H2;(H,6,7)/t18-;/m1./s1. The third-order valence-electron chi connectivity index (χ3n) is 7.42. The van der Waals surface area contributed by atoms with Crippen molar-refractivity contribution in [2.75, 3.05) is 19.6 Å². The van der Waals surface area contributed by atoms with Gasteiger partial charge in [-0.2, -0.15) is 13.2 Å². The van der Waals surface area contributed by atoms with Crippen LogP contribution in [0.3, 0.4) is 0 Å². The average Bonchev–Trinajstić information content (AvgIpc) is 3.70. The molecular weight excluding hydrogens is 499 g/mol. The second-order valence-corrected chi connectivity index (χ2v) is 10.0. The molecule has 1 saturated heterocycles. The minimum atomic E-state index is -5.08. The number of amidine groups is 1.